The summed E-state index contributed by atoms with van der Waals surface area (Å²) in [5.74, 6) is 0.594. The highest BCUT2D eigenvalue weighted by molar-refractivity contribution is 5.92. The number of carbonyl (C=O) groups is 1. The number of amides is 1. The molecule has 0 radical (unpaired) electrons. The Morgan fingerprint density at radius 3 is 2.42 bits per heavy atom. The second-order valence-electron chi connectivity index (χ2n) is 6.36. The molecule has 19 heavy (non-hydrogen) atoms. The monoisotopic (exact) mass is 262 g/mol. The minimum atomic E-state index is -0.226. The molecule has 0 unspecified atom stereocenters. The van der Waals surface area contributed by atoms with E-state index in [2.05, 4.69) is 25.8 Å². The highest BCUT2D eigenvalue weighted by atomic mass is 16.2. The van der Waals surface area contributed by atoms with Gasteiger partial charge in [-0.3, -0.25) is 9.59 Å². The van der Waals surface area contributed by atoms with Crippen molar-refractivity contribution >= 4 is 5.91 Å². The Kier molecular flexibility index (Phi) is 3.78. The van der Waals surface area contributed by atoms with Crippen molar-refractivity contribution in [3.05, 3.63) is 34.2 Å². The Balaban J connectivity index is 2.02. The fraction of sp³-hybridized carbons (Fsp3) is 0.600. The van der Waals surface area contributed by atoms with Crippen LogP contribution in [0.15, 0.2) is 23.0 Å². The Hall–Kier alpha value is -1.58. The lowest BCUT2D eigenvalue weighted by Crippen LogP contribution is -2.42. The first-order chi connectivity index (χ1) is 8.88. The molecule has 2 rings (SSSR count). The molecule has 0 aliphatic carbocycles. The van der Waals surface area contributed by atoms with Crippen molar-refractivity contribution in [2.45, 2.75) is 33.6 Å². The lowest BCUT2D eigenvalue weighted by atomic mass is 9.75. The summed E-state index contributed by atoms with van der Waals surface area (Å²) in [4.78, 5) is 27.9. The van der Waals surface area contributed by atoms with Gasteiger partial charge in [-0.15, -0.1) is 0 Å². The van der Waals surface area contributed by atoms with Gasteiger partial charge in [-0.25, -0.2) is 0 Å². The van der Waals surface area contributed by atoms with Crippen LogP contribution in [0, 0.1) is 11.3 Å². The maximum atomic E-state index is 12.3. The molecule has 104 valence electrons. The predicted octanol–water partition coefficient (Wildman–Crippen LogP) is 2.27. The molecule has 4 nitrogen and oxygen atoms in total. The van der Waals surface area contributed by atoms with E-state index in [0.29, 0.717) is 17.0 Å². The summed E-state index contributed by atoms with van der Waals surface area (Å²) in [6, 6.07) is 4.70. The molecule has 1 aromatic heterocycles. The fourth-order valence-corrected chi connectivity index (χ4v) is 2.69. The van der Waals surface area contributed by atoms with Gasteiger partial charge in [0, 0.05) is 19.2 Å². The van der Waals surface area contributed by atoms with E-state index >= 15 is 0 Å². The molecule has 1 N–H and O–H groups in total. The van der Waals surface area contributed by atoms with Gasteiger partial charge in [0.25, 0.3) is 5.91 Å². The summed E-state index contributed by atoms with van der Waals surface area (Å²) in [7, 11) is 0. The molecular formula is C15H22N2O2. The van der Waals surface area contributed by atoms with Crippen molar-refractivity contribution in [3.63, 3.8) is 0 Å². The molecule has 4 heteroatoms. The van der Waals surface area contributed by atoms with Crippen molar-refractivity contribution in [2.24, 2.45) is 11.3 Å². The molecule has 2 heterocycles. The number of hydrogen-bond acceptors (Lipinski definition) is 2. The quantitative estimate of drug-likeness (QED) is 0.844. The van der Waals surface area contributed by atoms with Crippen LogP contribution >= 0.6 is 0 Å². The van der Waals surface area contributed by atoms with Gasteiger partial charge in [0.15, 0.2) is 0 Å². The summed E-state index contributed by atoms with van der Waals surface area (Å²) in [6.45, 7) is 8.31. The number of piperidine rings is 1. The molecule has 0 aromatic carbocycles. The first-order valence-electron chi connectivity index (χ1n) is 6.86. The van der Waals surface area contributed by atoms with Crippen LogP contribution in [0.1, 0.15) is 44.1 Å². The third kappa shape index (κ3) is 3.25. The van der Waals surface area contributed by atoms with Gasteiger partial charge >= 0.3 is 0 Å². The number of likely N-dealkylation sites (tertiary alicyclic amines) is 1. The lowest BCUT2D eigenvalue weighted by Gasteiger charge is -2.38. The SMILES string of the molecule is CC(C)(C)C1CCN(C(=O)c2cccc(=O)[nH]2)CC1. The number of H-pyrrole nitrogens is 1. The highest BCUT2D eigenvalue weighted by Gasteiger charge is 2.30. The Morgan fingerprint density at radius 1 is 1.26 bits per heavy atom. The van der Waals surface area contributed by atoms with Crippen LogP contribution in [0.3, 0.4) is 0 Å². The minimum absolute atomic E-state index is 0.0648. The molecule has 0 saturated carbocycles. The smallest absolute Gasteiger partial charge is 0.270 e. The largest absolute Gasteiger partial charge is 0.337 e. The number of hydrogen-bond donors (Lipinski definition) is 1. The van der Waals surface area contributed by atoms with Crippen molar-refractivity contribution in [2.75, 3.05) is 13.1 Å². The summed E-state index contributed by atoms with van der Waals surface area (Å²) in [5, 5.41) is 0. The van der Waals surface area contributed by atoms with Gasteiger partial charge in [0.05, 0.1) is 0 Å². The number of nitrogens with one attached hydrogen (secondary N) is 1. The maximum absolute atomic E-state index is 12.3. The number of carbonyl (C=O) groups excluding carboxylic acids is 1. The zero-order valence-electron chi connectivity index (χ0n) is 11.9. The lowest BCUT2D eigenvalue weighted by molar-refractivity contribution is 0.0603. The number of rotatable bonds is 1. The van der Waals surface area contributed by atoms with Gasteiger partial charge in [-0.1, -0.05) is 26.8 Å². The second kappa shape index (κ2) is 5.19. The molecule has 0 atom stereocenters. The summed E-state index contributed by atoms with van der Waals surface area (Å²) < 4.78 is 0. The maximum Gasteiger partial charge on any atom is 0.270 e. The predicted molar refractivity (Wildman–Crippen MR) is 75.1 cm³/mol. The first-order valence-corrected chi connectivity index (χ1v) is 6.86. The van der Waals surface area contributed by atoms with Crippen LogP contribution in [-0.4, -0.2) is 28.9 Å². The molecular weight excluding hydrogens is 240 g/mol. The van der Waals surface area contributed by atoms with Crippen molar-refractivity contribution in [1.29, 1.82) is 0 Å². The van der Waals surface area contributed by atoms with E-state index in [4.69, 9.17) is 0 Å². The number of aromatic amines is 1. The van der Waals surface area contributed by atoms with E-state index < -0.39 is 0 Å². The number of aromatic nitrogens is 1. The molecule has 1 fully saturated rings. The third-order valence-electron chi connectivity index (χ3n) is 4.01. The van der Waals surface area contributed by atoms with Crippen molar-refractivity contribution in [1.82, 2.24) is 9.88 Å². The summed E-state index contributed by atoms with van der Waals surface area (Å²) in [6.07, 6.45) is 2.07. The number of pyridine rings is 1. The van der Waals surface area contributed by atoms with E-state index in [9.17, 15) is 9.59 Å². The zero-order valence-corrected chi connectivity index (χ0v) is 11.9. The van der Waals surface area contributed by atoms with Crippen LogP contribution in [0.2, 0.25) is 0 Å². The average molecular weight is 262 g/mol. The molecule has 1 aromatic rings. The van der Waals surface area contributed by atoms with Gasteiger partial charge in [0.1, 0.15) is 5.69 Å². The standard InChI is InChI=1S/C15H22N2O2/c1-15(2,3)11-7-9-17(10-8-11)14(19)12-5-4-6-13(18)16-12/h4-6,11H,7-10H2,1-3H3,(H,16,18). The molecule has 0 spiro atoms. The first kappa shape index (κ1) is 13.8. The molecule has 0 bridgehead atoms. The van der Waals surface area contributed by atoms with E-state index in [1.807, 2.05) is 4.90 Å². The number of nitrogens with zero attached hydrogens (tertiary/aromatic N) is 1. The van der Waals surface area contributed by atoms with Gasteiger partial charge in [-0.05, 0) is 30.2 Å². The average Bonchev–Trinajstić information content (AvgIpc) is 2.37. The van der Waals surface area contributed by atoms with E-state index in [-0.39, 0.29) is 11.5 Å². The van der Waals surface area contributed by atoms with E-state index in [0.717, 1.165) is 25.9 Å². The van der Waals surface area contributed by atoms with E-state index in [1.165, 1.54) is 6.07 Å². The Bertz CT molecular complexity index is 505. The summed E-state index contributed by atoms with van der Waals surface area (Å²) in [5.41, 5.74) is 0.466. The Morgan fingerprint density at radius 2 is 1.89 bits per heavy atom. The molecule has 1 saturated heterocycles. The second-order valence-corrected chi connectivity index (χ2v) is 6.36. The minimum Gasteiger partial charge on any atom is -0.337 e. The molecule has 1 amide bonds. The topological polar surface area (TPSA) is 53.2 Å². The van der Waals surface area contributed by atoms with Crippen LogP contribution in [0.25, 0.3) is 0 Å². The van der Waals surface area contributed by atoms with E-state index in [1.54, 1.807) is 12.1 Å². The summed E-state index contributed by atoms with van der Waals surface area (Å²) >= 11 is 0. The normalized spacial score (nSPS) is 17.5. The fourth-order valence-electron chi connectivity index (χ4n) is 2.69. The van der Waals surface area contributed by atoms with Crippen LogP contribution in [0.5, 0.6) is 0 Å². The van der Waals surface area contributed by atoms with Gasteiger partial charge < -0.3 is 9.88 Å². The third-order valence-corrected chi connectivity index (χ3v) is 4.01. The van der Waals surface area contributed by atoms with Gasteiger partial charge in [0.2, 0.25) is 5.56 Å². The Labute approximate surface area is 113 Å². The van der Waals surface area contributed by atoms with Crippen molar-refractivity contribution in [3.8, 4) is 0 Å². The highest BCUT2D eigenvalue weighted by Crippen LogP contribution is 2.34. The van der Waals surface area contributed by atoms with Crippen molar-refractivity contribution < 1.29 is 4.79 Å². The molecule has 1 aliphatic rings. The van der Waals surface area contributed by atoms with Crippen LogP contribution in [-0.2, 0) is 0 Å². The molecule has 1 aliphatic heterocycles. The zero-order chi connectivity index (χ0) is 14.0. The van der Waals surface area contributed by atoms with Crippen LogP contribution in [0.4, 0.5) is 0 Å². The van der Waals surface area contributed by atoms with Gasteiger partial charge in [-0.2, -0.15) is 0 Å². The van der Waals surface area contributed by atoms with Crippen LogP contribution < -0.4 is 5.56 Å².